The fourth-order valence-corrected chi connectivity index (χ4v) is 3.53. The topological polar surface area (TPSA) is 68.7 Å². The number of para-hydroxylation sites is 1. The Bertz CT molecular complexity index is 1060. The van der Waals surface area contributed by atoms with Crippen LogP contribution < -0.4 is 4.90 Å². The molecule has 0 fully saturated rings. The van der Waals surface area contributed by atoms with Crippen molar-refractivity contribution in [3.05, 3.63) is 70.9 Å². The quantitative estimate of drug-likeness (QED) is 0.537. The van der Waals surface area contributed by atoms with Gasteiger partial charge < -0.3 is 14.4 Å². The highest BCUT2D eigenvalue weighted by Crippen LogP contribution is 2.24. The molecule has 1 heterocycles. The molecule has 0 aliphatic heterocycles. The number of ether oxygens (including phenoxy) is 2. The van der Waals surface area contributed by atoms with E-state index in [1.54, 1.807) is 12.1 Å². The SMILES string of the molecule is CCN(CC)c1ccc(C(=O)OCc2nc3ccccc3c(C)c2C(=O)OC)cc1. The molecule has 30 heavy (non-hydrogen) atoms. The first-order valence-electron chi connectivity index (χ1n) is 9.98. The van der Waals surface area contributed by atoms with Gasteiger partial charge in [0.15, 0.2) is 0 Å². The lowest BCUT2D eigenvalue weighted by Crippen LogP contribution is -2.21. The summed E-state index contributed by atoms with van der Waals surface area (Å²) in [6, 6.07) is 14.8. The molecule has 0 spiro atoms. The standard InChI is InChI=1S/C24H26N2O4/c1-5-26(6-2)18-13-11-17(12-14-18)23(27)30-15-21-22(24(28)29-4)16(3)19-9-7-8-10-20(19)25-21/h7-14H,5-6,15H2,1-4H3. The summed E-state index contributed by atoms with van der Waals surface area (Å²) in [5.41, 5.74) is 3.70. The van der Waals surface area contributed by atoms with Gasteiger partial charge in [0.05, 0.1) is 29.4 Å². The van der Waals surface area contributed by atoms with Gasteiger partial charge in [-0.05, 0) is 56.7 Å². The van der Waals surface area contributed by atoms with Gasteiger partial charge in [-0.15, -0.1) is 0 Å². The van der Waals surface area contributed by atoms with Crippen molar-refractivity contribution >= 4 is 28.5 Å². The van der Waals surface area contributed by atoms with E-state index in [0.29, 0.717) is 16.8 Å². The van der Waals surface area contributed by atoms with Crippen LogP contribution in [0.15, 0.2) is 48.5 Å². The van der Waals surface area contributed by atoms with Crippen LogP contribution in [-0.2, 0) is 16.1 Å². The van der Waals surface area contributed by atoms with Crippen molar-refractivity contribution in [1.82, 2.24) is 4.98 Å². The number of esters is 2. The molecule has 0 bridgehead atoms. The van der Waals surface area contributed by atoms with Crippen molar-refractivity contribution in [3.63, 3.8) is 0 Å². The average Bonchev–Trinajstić information content (AvgIpc) is 2.78. The Morgan fingerprint density at radius 3 is 2.27 bits per heavy atom. The summed E-state index contributed by atoms with van der Waals surface area (Å²) in [7, 11) is 1.32. The smallest absolute Gasteiger partial charge is 0.340 e. The van der Waals surface area contributed by atoms with Gasteiger partial charge in [-0.2, -0.15) is 0 Å². The number of methoxy groups -OCH3 is 1. The monoisotopic (exact) mass is 406 g/mol. The molecule has 0 amide bonds. The average molecular weight is 406 g/mol. The molecule has 3 aromatic rings. The maximum Gasteiger partial charge on any atom is 0.340 e. The number of benzene rings is 2. The lowest BCUT2D eigenvalue weighted by molar-refractivity contribution is 0.0455. The zero-order valence-corrected chi connectivity index (χ0v) is 17.8. The third-order valence-corrected chi connectivity index (χ3v) is 5.19. The Morgan fingerprint density at radius 2 is 1.63 bits per heavy atom. The summed E-state index contributed by atoms with van der Waals surface area (Å²) in [5, 5.41) is 0.861. The molecule has 0 N–H and O–H groups in total. The zero-order valence-electron chi connectivity index (χ0n) is 17.8. The summed E-state index contributed by atoms with van der Waals surface area (Å²) in [6.07, 6.45) is 0. The third kappa shape index (κ3) is 4.27. The van der Waals surface area contributed by atoms with Crippen LogP contribution in [-0.4, -0.2) is 37.1 Å². The van der Waals surface area contributed by atoms with E-state index in [1.807, 2.05) is 43.3 Å². The van der Waals surface area contributed by atoms with E-state index in [2.05, 4.69) is 23.7 Å². The van der Waals surface area contributed by atoms with Gasteiger partial charge in [-0.1, -0.05) is 18.2 Å². The normalized spacial score (nSPS) is 10.7. The number of anilines is 1. The predicted octanol–water partition coefficient (Wildman–Crippen LogP) is 4.53. The molecular weight excluding hydrogens is 380 g/mol. The second-order valence-electron chi connectivity index (χ2n) is 6.86. The molecule has 0 radical (unpaired) electrons. The van der Waals surface area contributed by atoms with E-state index in [1.165, 1.54) is 7.11 Å². The minimum absolute atomic E-state index is 0.118. The number of pyridine rings is 1. The molecule has 0 saturated heterocycles. The van der Waals surface area contributed by atoms with Gasteiger partial charge in [0.25, 0.3) is 0 Å². The van der Waals surface area contributed by atoms with Crippen molar-refractivity contribution in [3.8, 4) is 0 Å². The van der Waals surface area contributed by atoms with E-state index in [0.717, 1.165) is 35.2 Å². The van der Waals surface area contributed by atoms with Gasteiger partial charge in [0.1, 0.15) is 6.61 Å². The fourth-order valence-electron chi connectivity index (χ4n) is 3.53. The summed E-state index contributed by atoms with van der Waals surface area (Å²) in [5.74, 6) is -0.968. The van der Waals surface area contributed by atoms with Crippen molar-refractivity contribution in [2.24, 2.45) is 0 Å². The van der Waals surface area contributed by atoms with E-state index in [4.69, 9.17) is 9.47 Å². The van der Waals surface area contributed by atoms with Gasteiger partial charge in [-0.25, -0.2) is 14.6 Å². The number of aryl methyl sites for hydroxylation is 1. The van der Waals surface area contributed by atoms with Crippen LogP contribution in [0.1, 0.15) is 45.8 Å². The highest BCUT2D eigenvalue weighted by Gasteiger charge is 2.20. The number of carbonyl (C=O) groups excluding carboxylic acids is 2. The lowest BCUT2D eigenvalue weighted by atomic mass is 10.0. The fraction of sp³-hybridized carbons (Fsp3) is 0.292. The van der Waals surface area contributed by atoms with Crippen LogP contribution in [0.2, 0.25) is 0 Å². The Hall–Kier alpha value is -3.41. The van der Waals surface area contributed by atoms with Crippen LogP contribution in [0.5, 0.6) is 0 Å². The van der Waals surface area contributed by atoms with Gasteiger partial charge >= 0.3 is 11.9 Å². The molecule has 0 saturated carbocycles. The summed E-state index contributed by atoms with van der Waals surface area (Å²) in [6.45, 7) is 7.68. The number of carbonyl (C=O) groups is 2. The summed E-state index contributed by atoms with van der Waals surface area (Å²) in [4.78, 5) is 31.7. The van der Waals surface area contributed by atoms with Crippen molar-refractivity contribution in [2.75, 3.05) is 25.1 Å². The molecular formula is C24H26N2O4. The van der Waals surface area contributed by atoms with E-state index >= 15 is 0 Å². The van der Waals surface area contributed by atoms with Crippen LogP contribution in [0.4, 0.5) is 5.69 Å². The lowest BCUT2D eigenvalue weighted by Gasteiger charge is -2.21. The predicted molar refractivity (Wildman–Crippen MR) is 117 cm³/mol. The van der Waals surface area contributed by atoms with Crippen molar-refractivity contribution in [2.45, 2.75) is 27.4 Å². The minimum Gasteiger partial charge on any atom is -0.465 e. The molecule has 156 valence electrons. The van der Waals surface area contributed by atoms with Crippen molar-refractivity contribution in [1.29, 1.82) is 0 Å². The molecule has 0 aliphatic carbocycles. The van der Waals surface area contributed by atoms with Gasteiger partial charge in [0.2, 0.25) is 0 Å². The number of nitrogens with zero attached hydrogens (tertiary/aromatic N) is 2. The van der Waals surface area contributed by atoms with E-state index < -0.39 is 11.9 Å². The molecule has 6 heteroatoms. The second-order valence-corrected chi connectivity index (χ2v) is 6.86. The first kappa shape index (κ1) is 21.3. The van der Waals surface area contributed by atoms with Crippen LogP contribution in [0.25, 0.3) is 10.9 Å². The zero-order chi connectivity index (χ0) is 21.7. The highest BCUT2D eigenvalue weighted by molar-refractivity contribution is 5.98. The third-order valence-electron chi connectivity index (χ3n) is 5.19. The number of hydrogen-bond donors (Lipinski definition) is 0. The molecule has 0 aliphatic rings. The first-order chi connectivity index (χ1) is 14.5. The number of hydrogen-bond acceptors (Lipinski definition) is 6. The van der Waals surface area contributed by atoms with Crippen LogP contribution >= 0.6 is 0 Å². The number of fused-ring (bicyclic) bond motifs is 1. The van der Waals surface area contributed by atoms with E-state index in [9.17, 15) is 9.59 Å². The highest BCUT2D eigenvalue weighted by atomic mass is 16.5. The minimum atomic E-state index is -0.500. The van der Waals surface area contributed by atoms with Crippen LogP contribution in [0.3, 0.4) is 0 Å². The number of rotatable bonds is 7. The van der Waals surface area contributed by atoms with Crippen LogP contribution in [0, 0.1) is 6.92 Å². The van der Waals surface area contributed by atoms with E-state index in [-0.39, 0.29) is 6.61 Å². The molecule has 0 atom stereocenters. The maximum absolute atomic E-state index is 12.6. The molecule has 3 rings (SSSR count). The molecule has 6 nitrogen and oxygen atoms in total. The maximum atomic E-state index is 12.6. The van der Waals surface area contributed by atoms with Gasteiger partial charge in [-0.3, -0.25) is 0 Å². The largest absolute Gasteiger partial charge is 0.465 e. The summed E-state index contributed by atoms with van der Waals surface area (Å²) < 4.78 is 10.4. The molecule has 2 aromatic carbocycles. The molecule has 0 unspecified atom stereocenters. The first-order valence-corrected chi connectivity index (χ1v) is 9.98. The second kappa shape index (κ2) is 9.39. The Kier molecular flexibility index (Phi) is 6.67. The van der Waals surface area contributed by atoms with Gasteiger partial charge in [0, 0.05) is 24.2 Å². The molecule has 1 aromatic heterocycles. The Labute approximate surface area is 176 Å². The van der Waals surface area contributed by atoms with Crippen molar-refractivity contribution < 1.29 is 19.1 Å². The summed E-state index contributed by atoms with van der Waals surface area (Å²) >= 11 is 0. The Balaban J connectivity index is 1.84. The Morgan fingerprint density at radius 1 is 0.967 bits per heavy atom. The number of aromatic nitrogens is 1.